The molecule has 7 N–H and O–H groups in total. The van der Waals surface area contributed by atoms with Gasteiger partial charge in [-0.1, -0.05) is 85.8 Å². The number of benzene rings is 2. The van der Waals surface area contributed by atoms with E-state index in [-0.39, 0.29) is 53.4 Å². The molecular weight excluding hydrogens is 933 g/mol. The van der Waals surface area contributed by atoms with Crippen LogP contribution in [0.15, 0.2) is 36.4 Å². The van der Waals surface area contributed by atoms with Crippen molar-refractivity contribution in [2.75, 3.05) is 25.5 Å². The minimum absolute atomic E-state index is 0.0203. The molecule has 0 aliphatic heterocycles. The monoisotopic (exact) mass is 1020 g/mol. The number of fused-ring (bicyclic) bond motifs is 6. The van der Waals surface area contributed by atoms with E-state index in [4.69, 9.17) is 10.5 Å². The zero-order valence-corrected chi connectivity index (χ0v) is 45.9. The van der Waals surface area contributed by atoms with Crippen LogP contribution < -0.4 is 27.0 Å². The predicted octanol–water partition coefficient (Wildman–Crippen LogP) is 8.04. The summed E-state index contributed by atoms with van der Waals surface area (Å²) in [6.07, 6.45) is 14.2. The first-order chi connectivity index (χ1) is 35.0. The largest absolute Gasteiger partial charge is 0.508 e. The summed E-state index contributed by atoms with van der Waals surface area (Å²) in [7, 11) is 1.70. The van der Waals surface area contributed by atoms with Gasteiger partial charge < -0.3 is 36.8 Å². The van der Waals surface area contributed by atoms with E-state index in [1.54, 1.807) is 20.0 Å². The molecule has 0 radical (unpaired) electrons. The van der Waals surface area contributed by atoms with Gasteiger partial charge in [0.05, 0.1) is 16.9 Å². The number of amides is 6. The summed E-state index contributed by atoms with van der Waals surface area (Å²) in [6, 6.07) is 8.89. The third-order valence-corrected chi connectivity index (χ3v) is 19.1. The number of anilines is 1. The molecule has 10 atom stereocenters. The third-order valence-electron chi connectivity index (χ3n) is 19.1. The lowest BCUT2D eigenvalue weighted by molar-refractivity contribution is -0.171. The quantitative estimate of drug-likeness (QED) is 0.0514. The van der Waals surface area contributed by atoms with E-state index in [0.717, 1.165) is 94.6 Å². The van der Waals surface area contributed by atoms with Crippen molar-refractivity contribution in [3.8, 4) is 17.6 Å². The lowest BCUT2D eigenvalue weighted by Gasteiger charge is -2.63. The number of nitrogens with two attached hydrogens (primary N) is 1. The average Bonchev–Trinajstić information content (AvgIpc) is 3.35. The van der Waals surface area contributed by atoms with E-state index in [1.165, 1.54) is 16.0 Å². The molecule has 2 aromatic carbocycles. The highest BCUT2D eigenvalue weighted by atomic mass is 16.5. The van der Waals surface area contributed by atoms with E-state index < -0.39 is 57.5 Å². The maximum Gasteiger partial charge on any atom is 0.246 e. The van der Waals surface area contributed by atoms with Crippen molar-refractivity contribution in [2.45, 2.75) is 206 Å². The smallest absolute Gasteiger partial charge is 0.246 e. The molecule has 2 aromatic rings. The van der Waals surface area contributed by atoms with Crippen LogP contribution in [0.5, 0.6) is 5.75 Å². The Bertz CT molecular complexity index is 2520. The number of phenols is 1. The van der Waals surface area contributed by atoms with Gasteiger partial charge in [0, 0.05) is 25.7 Å². The number of hydrogen-bond donors (Lipinski definition) is 6. The SMILES string of the molecule is CC(C)[C@H](NC(=O)[C@H](N)CCCCNC(=O)COC1C#CCCCCC1)C(=O)N[C@@H](C)C(=O)Nc1ccc2c(c1)[C@@]1(C)CCC[C@](C)(C(=O)N(C)C(=O)[C@@]3(C)CCC[C@]4(C)c5cc(O)ccc5CC[C@@H]34)[C@]1(C)CC2. The van der Waals surface area contributed by atoms with Gasteiger partial charge in [-0.25, -0.2) is 0 Å². The standard InChI is InChI=1S/C60H86N6O8/c1-38(2)50(65-52(70)47(61)21-15-16-34-62-49(68)37-74-44-19-13-11-10-12-14-20-44)53(71)63-39(3)51(69)64-42-25-22-41-28-33-60(8)58(6,46(41)35-42)31-18-32-59(60,7)55(73)66(9)54(72)57(5)30-17-29-56(4)45-36-43(67)26-23-40(45)24-27-48(56)57/h22-23,25-26,35-36,38-39,44,47-48,50,67H,10-13,15-19,21,24,27-34,37,61H2,1-9H3,(H,62,68)(H,63,71)(H,64,69)(H,65,70)/t39-,44?,47+,48+,50-,56+,57-,58+,59+,60+/m0/s1. The van der Waals surface area contributed by atoms with Crippen LogP contribution in [-0.4, -0.2) is 89.9 Å². The van der Waals surface area contributed by atoms with Gasteiger partial charge in [-0.2, -0.15) is 0 Å². The Hall–Kier alpha value is -5.26. The number of carbonyl (C=O) groups excluding carboxylic acids is 6. The second-order valence-corrected chi connectivity index (χ2v) is 24.1. The lowest BCUT2D eigenvalue weighted by Crippen LogP contribution is -2.64. The number of carbonyl (C=O) groups is 6. The lowest BCUT2D eigenvalue weighted by atomic mass is 9.41. The first-order valence-electron chi connectivity index (χ1n) is 27.8. The number of rotatable bonds is 17. The number of hydrogen-bond acceptors (Lipinski definition) is 9. The molecule has 404 valence electrons. The van der Waals surface area contributed by atoms with E-state index in [9.17, 15) is 24.3 Å². The van der Waals surface area contributed by atoms with Gasteiger partial charge in [0.1, 0.15) is 30.5 Å². The van der Waals surface area contributed by atoms with Gasteiger partial charge in [-0.15, -0.1) is 5.92 Å². The topological polar surface area (TPSA) is 209 Å². The number of phenolic OH excluding ortho intramolecular Hbond substituents is 1. The zero-order valence-electron chi connectivity index (χ0n) is 45.9. The molecule has 0 spiro atoms. The van der Waals surface area contributed by atoms with Crippen molar-refractivity contribution in [3.63, 3.8) is 0 Å². The molecule has 5 aliphatic rings. The number of unbranched alkanes of at least 4 members (excludes halogenated alkanes) is 1. The first-order valence-corrected chi connectivity index (χ1v) is 27.8. The zero-order chi connectivity index (χ0) is 53.8. The van der Waals surface area contributed by atoms with Crippen LogP contribution in [0.4, 0.5) is 5.69 Å². The van der Waals surface area contributed by atoms with Crippen molar-refractivity contribution in [2.24, 2.45) is 33.8 Å². The Morgan fingerprint density at radius 2 is 1.51 bits per heavy atom. The normalized spacial score (nSPS) is 29.3. The van der Waals surface area contributed by atoms with E-state index in [2.05, 4.69) is 73.8 Å². The van der Waals surface area contributed by atoms with Gasteiger partial charge in [-0.3, -0.25) is 33.7 Å². The van der Waals surface area contributed by atoms with Crippen molar-refractivity contribution in [3.05, 3.63) is 58.7 Å². The summed E-state index contributed by atoms with van der Waals surface area (Å²) in [5, 5.41) is 22.0. The summed E-state index contributed by atoms with van der Waals surface area (Å²) < 4.78 is 5.71. The summed E-state index contributed by atoms with van der Waals surface area (Å²) in [5.74, 6) is 4.32. The van der Waals surface area contributed by atoms with Crippen LogP contribution in [0.25, 0.3) is 0 Å². The Kier molecular flexibility index (Phi) is 17.5. The first kappa shape index (κ1) is 56.5. The maximum absolute atomic E-state index is 15.3. The fraction of sp³-hybridized carbons (Fsp3) is 0.667. The minimum Gasteiger partial charge on any atom is -0.508 e. The van der Waals surface area contributed by atoms with Gasteiger partial charge >= 0.3 is 0 Å². The van der Waals surface area contributed by atoms with Crippen LogP contribution in [0.3, 0.4) is 0 Å². The van der Waals surface area contributed by atoms with Crippen LogP contribution >= 0.6 is 0 Å². The number of nitrogens with zero attached hydrogens (tertiary/aromatic N) is 1. The highest BCUT2D eigenvalue weighted by molar-refractivity contribution is 6.01. The Morgan fingerprint density at radius 3 is 2.27 bits per heavy atom. The molecule has 5 aliphatic carbocycles. The molecule has 6 amide bonds. The van der Waals surface area contributed by atoms with Crippen molar-refractivity contribution in [1.82, 2.24) is 20.9 Å². The third kappa shape index (κ3) is 11.2. The predicted molar refractivity (Wildman–Crippen MR) is 288 cm³/mol. The van der Waals surface area contributed by atoms with Crippen molar-refractivity contribution >= 4 is 41.1 Å². The van der Waals surface area contributed by atoms with Crippen LogP contribution in [-0.2, 0) is 57.2 Å². The van der Waals surface area contributed by atoms with Crippen molar-refractivity contribution in [1.29, 1.82) is 0 Å². The second-order valence-electron chi connectivity index (χ2n) is 24.1. The highest BCUT2D eigenvalue weighted by Crippen LogP contribution is 2.66. The number of aryl methyl sites for hydroxylation is 2. The number of nitrogens with one attached hydrogen (secondary N) is 4. The number of aromatic hydroxyl groups is 1. The van der Waals surface area contributed by atoms with Crippen LogP contribution in [0.2, 0.25) is 0 Å². The molecule has 1 unspecified atom stereocenters. The van der Waals surface area contributed by atoms with Gasteiger partial charge in [0.15, 0.2) is 0 Å². The minimum atomic E-state index is -0.945. The molecule has 0 aromatic heterocycles. The Morgan fingerprint density at radius 1 is 0.784 bits per heavy atom. The molecule has 7 rings (SSSR count). The highest BCUT2D eigenvalue weighted by Gasteiger charge is 2.65. The molecule has 0 bridgehead atoms. The average molecular weight is 1020 g/mol. The van der Waals surface area contributed by atoms with E-state index >= 15 is 9.59 Å². The Balaban J connectivity index is 0.938. The molecule has 74 heavy (non-hydrogen) atoms. The molecule has 0 saturated heterocycles. The van der Waals surface area contributed by atoms with E-state index in [0.29, 0.717) is 44.3 Å². The maximum atomic E-state index is 15.3. The van der Waals surface area contributed by atoms with Crippen LogP contribution in [0, 0.1) is 39.9 Å². The number of ether oxygens (including phenoxy) is 1. The molecule has 14 heteroatoms. The van der Waals surface area contributed by atoms with E-state index in [1.807, 2.05) is 38.1 Å². The Labute approximate surface area is 440 Å². The summed E-state index contributed by atoms with van der Waals surface area (Å²) in [6.45, 7) is 16.5. The van der Waals surface area contributed by atoms with Crippen LogP contribution in [0.1, 0.15) is 180 Å². The molecule has 2 fully saturated rings. The number of imide groups is 1. The summed E-state index contributed by atoms with van der Waals surface area (Å²) in [4.78, 5) is 84.9. The molecule has 0 heterocycles. The molecule has 14 nitrogen and oxygen atoms in total. The summed E-state index contributed by atoms with van der Waals surface area (Å²) >= 11 is 0. The van der Waals surface area contributed by atoms with Crippen molar-refractivity contribution < 1.29 is 38.6 Å². The molecule has 2 saturated carbocycles. The fourth-order valence-electron chi connectivity index (χ4n) is 14.2. The second kappa shape index (κ2) is 22.9. The van der Waals surface area contributed by atoms with Gasteiger partial charge in [0.25, 0.3) is 0 Å². The molecular formula is C60H86N6O8. The summed E-state index contributed by atoms with van der Waals surface area (Å²) in [5.41, 5.74) is 8.55. The van der Waals surface area contributed by atoms with Gasteiger partial charge in [0.2, 0.25) is 35.4 Å². The fourth-order valence-corrected chi connectivity index (χ4v) is 14.2. The van der Waals surface area contributed by atoms with Gasteiger partial charge in [-0.05, 0) is 171 Å².